The maximum absolute atomic E-state index is 6.16. The SMILES string of the molecule is Clc1ccc(Cl)c(Sc2c(Cl)c(Cl)c(Cl)c(Cl)c2Cl)c1. The van der Waals surface area contributed by atoms with E-state index in [0.29, 0.717) is 19.8 Å². The van der Waals surface area contributed by atoms with Gasteiger partial charge in [-0.1, -0.05) is 93.0 Å². The molecule has 0 bridgehead atoms. The molecule has 0 atom stereocenters. The van der Waals surface area contributed by atoms with Gasteiger partial charge in [0.15, 0.2) is 0 Å². The van der Waals surface area contributed by atoms with Gasteiger partial charge in [-0.3, -0.25) is 0 Å². The van der Waals surface area contributed by atoms with Crippen LogP contribution in [0, 0.1) is 0 Å². The summed E-state index contributed by atoms with van der Waals surface area (Å²) in [6.07, 6.45) is 0. The van der Waals surface area contributed by atoms with E-state index in [4.69, 9.17) is 81.2 Å². The highest BCUT2D eigenvalue weighted by Gasteiger charge is 2.20. The molecule has 0 radical (unpaired) electrons. The second kappa shape index (κ2) is 6.93. The highest BCUT2D eigenvalue weighted by atomic mass is 35.5. The van der Waals surface area contributed by atoms with Gasteiger partial charge < -0.3 is 0 Å². The highest BCUT2D eigenvalue weighted by molar-refractivity contribution is 7.99. The highest BCUT2D eigenvalue weighted by Crippen LogP contribution is 2.50. The van der Waals surface area contributed by atoms with Gasteiger partial charge in [-0.2, -0.15) is 0 Å². The van der Waals surface area contributed by atoms with Crippen LogP contribution in [0.3, 0.4) is 0 Å². The predicted molar refractivity (Wildman–Crippen MR) is 92.1 cm³/mol. The molecule has 0 fully saturated rings. The summed E-state index contributed by atoms with van der Waals surface area (Å²) in [5.74, 6) is 0. The summed E-state index contributed by atoms with van der Waals surface area (Å²) in [6.45, 7) is 0. The molecule has 0 saturated carbocycles. The molecule has 2 rings (SSSR count). The standard InChI is InChI=1S/C12H3Cl7S/c13-4-1-2-5(14)6(3-4)20-12-10(18)8(16)7(15)9(17)11(12)19/h1-3H. The van der Waals surface area contributed by atoms with Crippen LogP contribution in [-0.2, 0) is 0 Å². The predicted octanol–water partition coefficient (Wildman–Crippen LogP) is 8.41. The molecule has 20 heavy (non-hydrogen) atoms. The zero-order valence-electron chi connectivity index (χ0n) is 9.29. The molecule has 0 spiro atoms. The molecule has 106 valence electrons. The second-order valence-corrected chi connectivity index (χ2v) is 7.36. The first kappa shape index (κ1) is 17.2. The van der Waals surface area contributed by atoms with E-state index in [2.05, 4.69) is 0 Å². The van der Waals surface area contributed by atoms with Crippen molar-refractivity contribution in [1.82, 2.24) is 0 Å². The lowest BCUT2D eigenvalue weighted by Gasteiger charge is -2.12. The Labute approximate surface area is 155 Å². The molecule has 0 heterocycles. The van der Waals surface area contributed by atoms with Crippen molar-refractivity contribution in [3.8, 4) is 0 Å². The maximum atomic E-state index is 6.16. The first-order valence-electron chi connectivity index (χ1n) is 4.97. The van der Waals surface area contributed by atoms with Crippen molar-refractivity contribution in [2.45, 2.75) is 9.79 Å². The van der Waals surface area contributed by atoms with Crippen LogP contribution in [0.25, 0.3) is 0 Å². The van der Waals surface area contributed by atoms with E-state index in [0.717, 1.165) is 0 Å². The Hall–Kier alpha value is 0.820. The molecule has 0 aliphatic carbocycles. The van der Waals surface area contributed by atoms with Crippen molar-refractivity contribution in [3.63, 3.8) is 0 Å². The smallest absolute Gasteiger partial charge is 0.0809 e. The minimum atomic E-state index is 0.116. The van der Waals surface area contributed by atoms with Crippen molar-refractivity contribution < 1.29 is 0 Å². The number of halogens is 7. The van der Waals surface area contributed by atoms with Crippen molar-refractivity contribution in [3.05, 3.63) is 53.4 Å². The van der Waals surface area contributed by atoms with Gasteiger partial charge in [0.2, 0.25) is 0 Å². The van der Waals surface area contributed by atoms with Crippen LogP contribution in [-0.4, -0.2) is 0 Å². The molecular weight excluding hydrogens is 424 g/mol. The summed E-state index contributed by atoms with van der Waals surface area (Å²) in [6, 6.07) is 5.05. The van der Waals surface area contributed by atoms with Crippen molar-refractivity contribution >= 4 is 93.0 Å². The summed E-state index contributed by atoms with van der Waals surface area (Å²) in [4.78, 5) is 1.15. The van der Waals surface area contributed by atoms with Crippen molar-refractivity contribution in [2.24, 2.45) is 0 Å². The Balaban J connectivity index is 2.57. The number of hydrogen-bond donors (Lipinski definition) is 0. The third-order valence-corrected chi connectivity index (χ3v) is 6.62. The first-order valence-corrected chi connectivity index (χ1v) is 8.43. The van der Waals surface area contributed by atoms with Gasteiger partial charge >= 0.3 is 0 Å². The zero-order valence-corrected chi connectivity index (χ0v) is 15.4. The Morgan fingerprint density at radius 2 is 1.15 bits per heavy atom. The topological polar surface area (TPSA) is 0 Å². The van der Waals surface area contributed by atoms with E-state index >= 15 is 0 Å². The summed E-state index contributed by atoms with van der Waals surface area (Å²) in [5, 5.41) is 1.87. The summed E-state index contributed by atoms with van der Waals surface area (Å²) in [5.41, 5.74) is 0. The number of rotatable bonds is 2. The molecule has 0 saturated heterocycles. The van der Waals surface area contributed by atoms with Crippen LogP contribution in [0.15, 0.2) is 28.0 Å². The molecule has 0 aliphatic rings. The van der Waals surface area contributed by atoms with Gasteiger partial charge in [0.25, 0.3) is 0 Å². The normalized spacial score (nSPS) is 10.9. The van der Waals surface area contributed by atoms with Gasteiger partial charge in [-0.05, 0) is 18.2 Å². The first-order chi connectivity index (χ1) is 9.32. The fourth-order valence-electron chi connectivity index (χ4n) is 1.34. The van der Waals surface area contributed by atoms with Gasteiger partial charge in [0.1, 0.15) is 0 Å². The van der Waals surface area contributed by atoms with E-state index in [9.17, 15) is 0 Å². The lowest BCUT2D eigenvalue weighted by Crippen LogP contribution is -1.85. The van der Waals surface area contributed by atoms with Crippen LogP contribution in [0.1, 0.15) is 0 Å². The number of hydrogen-bond acceptors (Lipinski definition) is 1. The van der Waals surface area contributed by atoms with Gasteiger partial charge in [-0.15, -0.1) is 0 Å². The molecule has 0 unspecified atom stereocenters. The summed E-state index contributed by atoms with van der Waals surface area (Å²) < 4.78 is 0. The molecule has 2 aromatic carbocycles. The van der Waals surface area contributed by atoms with E-state index in [-0.39, 0.29) is 25.1 Å². The third-order valence-electron chi connectivity index (χ3n) is 2.27. The monoisotopic (exact) mass is 424 g/mol. The Kier molecular flexibility index (Phi) is 5.96. The minimum Gasteiger partial charge on any atom is -0.0852 e. The van der Waals surface area contributed by atoms with Crippen LogP contribution >= 0.6 is 93.0 Å². The van der Waals surface area contributed by atoms with E-state index in [1.807, 2.05) is 0 Å². The van der Waals surface area contributed by atoms with Gasteiger partial charge in [0.05, 0.1) is 35.0 Å². The largest absolute Gasteiger partial charge is 0.0852 e. The lowest BCUT2D eigenvalue weighted by atomic mass is 10.3. The molecule has 0 nitrogen and oxygen atoms in total. The number of benzene rings is 2. The Morgan fingerprint density at radius 1 is 0.650 bits per heavy atom. The van der Waals surface area contributed by atoms with E-state index in [1.165, 1.54) is 11.8 Å². The summed E-state index contributed by atoms with van der Waals surface area (Å²) in [7, 11) is 0. The molecule has 8 heteroatoms. The minimum absolute atomic E-state index is 0.116. The second-order valence-electron chi connectivity index (χ2n) is 3.58. The molecular formula is C12H3Cl7S. The zero-order chi connectivity index (χ0) is 15.0. The molecule has 0 amide bonds. The van der Waals surface area contributed by atoms with Crippen LogP contribution in [0.2, 0.25) is 35.2 Å². The van der Waals surface area contributed by atoms with E-state index in [1.54, 1.807) is 18.2 Å². The van der Waals surface area contributed by atoms with Gasteiger partial charge in [-0.25, -0.2) is 0 Å². The van der Waals surface area contributed by atoms with Crippen molar-refractivity contribution in [1.29, 1.82) is 0 Å². The van der Waals surface area contributed by atoms with E-state index < -0.39 is 0 Å². The Bertz CT molecular complexity index is 655. The average molecular weight is 427 g/mol. The fourth-order valence-corrected chi connectivity index (χ4v) is 4.25. The maximum Gasteiger partial charge on any atom is 0.0809 e. The van der Waals surface area contributed by atoms with Gasteiger partial charge in [0, 0.05) is 9.92 Å². The van der Waals surface area contributed by atoms with Crippen LogP contribution < -0.4 is 0 Å². The summed E-state index contributed by atoms with van der Waals surface area (Å²) >= 11 is 43.5. The third kappa shape index (κ3) is 3.42. The quantitative estimate of drug-likeness (QED) is 0.342. The lowest BCUT2D eigenvalue weighted by molar-refractivity contribution is 1.40. The molecule has 0 aromatic heterocycles. The average Bonchev–Trinajstić information content (AvgIpc) is 2.43. The fraction of sp³-hybridized carbons (Fsp3) is 0. The Morgan fingerprint density at radius 3 is 1.70 bits per heavy atom. The molecule has 2 aromatic rings. The molecule has 0 aliphatic heterocycles. The van der Waals surface area contributed by atoms with Crippen LogP contribution in [0.5, 0.6) is 0 Å². The van der Waals surface area contributed by atoms with Crippen molar-refractivity contribution in [2.75, 3.05) is 0 Å². The molecule has 0 N–H and O–H groups in total. The van der Waals surface area contributed by atoms with Crippen LogP contribution in [0.4, 0.5) is 0 Å².